The molecule has 1 N–H and O–H groups in total. The summed E-state index contributed by atoms with van der Waals surface area (Å²) in [4.78, 5) is 8.16. The van der Waals surface area contributed by atoms with Crippen molar-refractivity contribution in [2.45, 2.75) is 55.0 Å². The summed E-state index contributed by atoms with van der Waals surface area (Å²) < 4.78 is 24.0. The van der Waals surface area contributed by atoms with Crippen molar-refractivity contribution in [1.82, 2.24) is 15.1 Å². The highest BCUT2D eigenvalue weighted by atomic mass is 32.2. The van der Waals surface area contributed by atoms with E-state index in [9.17, 15) is 8.42 Å². The number of piperidine rings is 1. The Morgan fingerprint density at radius 3 is 2.42 bits per heavy atom. The lowest BCUT2D eigenvalue weighted by Gasteiger charge is -2.53. The highest BCUT2D eigenvalue weighted by molar-refractivity contribution is 7.90. The fraction of sp³-hybridized carbons (Fsp3) is 0.548. The Morgan fingerprint density at radius 2 is 1.74 bits per heavy atom. The van der Waals surface area contributed by atoms with Crippen LogP contribution in [0.15, 0.2) is 47.4 Å². The topological polar surface area (TPSA) is 55.9 Å². The Morgan fingerprint density at radius 1 is 0.974 bits per heavy atom. The van der Waals surface area contributed by atoms with E-state index in [0.29, 0.717) is 16.5 Å². The maximum Gasteiger partial charge on any atom is 0.175 e. The molecule has 4 aliphatic rings. The fourth-order valence-electron chi connectivity index (χ4n) is 6.78. The molecule has 0 spiro atoms. The van der Waals surface area contributed by atoms with Crippen molar-refractivity contribution >= 4 is 27.2 Å². The van der Waals surface area contributed by atoms with Gasteiger partial charge in [-0.25, -0.2) is 8.42 Å². The van der Waals surface area contributed by atoms with Crippen LogP contribution >= 0.6 is 0 Å². The van der Waals surface area contributed by atoms with Gasteiger partial charge in [0.05, 0.1) is 4.90 Å². The number of allylic oxidation sites excluding steroid dienone is 1. The lowest BCUT2D eigenvalue weighted by Crippen LogP contribution is -2.64. The molecule has 0 unspecified atom stereocenters. The molecule has 3 fully saturated rings. The number of sulfone groups is 1. The van der Waals surface area contributed by atoms with Gasteiger partial charge in [-0.3, -0.25) is 4.90 Å². The molecular weight excluding hydrogens is 492 g/mol. The predicted molar refractivity (Wildman–Crippen MR) is 156 cm³/mol. The van der Waals surface area contributed by atoms with Gasteiger partial charge in [-0.15, -0.1) is 0 Å². The average Bonchev–Trinajstić information content (AvgIpc) is 3.33. The van der Waals surface area contributed by atoms with Crippen LogP contribution in [0, 0.1) is 0 Å². The van der Waals surface area contributed by atoms with E-state index >= 15 is 0 Å². The molecule has 204 valence electrons. The molecule has 0 atom stereocenters. The Balaban J connectivity index is 1.06. The molecule has 2 saturated heterocycles. The number of rotatable bonds is 7. The second-order valence-corrected chi connectivity index (χ2v) is 14.1. The lowest BCUT2D eigenvalue weighted by molar-refractivity contribution is -0.0151. The van der Waals surface area contributed by atoms with Gasteiger partial charge in [0.2, 0.25) is 0 Å². The van der Waals surface area contributed by atoms with Crippen LogP contribution in [-0.4, -0.2) is 88.9 Å². The molecule has 6 nitrogen and oxygen atoms in total. The van der Waals surface area contributed by atoms with Crippen molar-refractivity contribution in [3.05, 3.63) is 59.2 Å². The molecule has 2 aliphatic carbocycles. The number of fused-ring (bicyclic) bond motifs is 1. The van der Waals surface area contributed by atoms with Crippen LogP contribution in [0.1, 0.15) is 48.8 Å². The average molecular weight is 535 g/mol. The zero-order valence-corrected chi connectivity index (χ0v) is 23.8. The molecule has 2 aromatic carbocycles. The molecule has 38 heavy (non-hydrogen) atoms. The van der Waals surface area contributed by atoms with Crippen molar-refractivity contribution in [3.8, 4) is 0 Å². The van der Waals surface area contributed by atoms with E-state index in [4.69, 9.17) is 0 Å². The predicted octanol–water partition coefficient (Wildman–Crippen LogP) is 3.92. The highest BCUT2D eigenvalue weighted by Crippen LogP contribution is 2.38. The van der Waals surface area contributed by atoms with Gasteiger partial charge in [0, 0.05) is 69.3 Å². The maximum absolute atomic E-state index is 12.0. The van der Waals surface area contributed by atoms with Crippen molar-refractivity contribution in [2.24, 2.45) is 0 Å². The quantitative estimate of drug-likeness (QED) is 0.581. The molecule has 2 aliphatic heterocycles. The maximum atomic E-state index is 12.0. The molecule has 0 bridgehead atoms. The molecule has 0 amide bonds. The van der Waals surface area contributed by atoms with Gasteiger partial charge in [-0.05, 0) is 92.1 Å². The van der Waals surface area contributed by atoms with Crippen LogP contribution in [0.2, 0.25) is 0 Å². The number of benzene rings is 2. The zero-order chi connectivity index (χ0) is 26.3. The van der Waals surface area contributed by atoms with E-state index < -0.39 is 9.84 Å². The lowest BCUT2D eigenvalue weighted by atomic mass is 9.74. The number of anilines is 1. The summed E-state index contributed by atoms with van der Waals surface area (Å²) in [5.41, 5.74) is 6.42. The number of hydrogen-bond donors (Lipinski definition) is 1. The van der Waals surface area contributed by atoms with Crippen LogP contribution < -0.4 is 10.2 Å². The number of hydrogen-bond acceptors (Lipinski definition) is 6. The molecular formula is C31H42N4O2S. The Labute approximate surface area is 228 Å². The normalized spacial score (nSPS) is 22.7. The Bertz CT molecular complexity index is 1300. The van der Waals surface area contributed by atoms with Gasteiger partial charge in [0.15, 0.2) is 9.84 Å². The third kappa shape index (κ3) is 5.31. The summed E-state index contributed by atoms with van der Waals surface area (Å²) >= 11 is 0. The Hall–Kier alpha value is -2.19. The third-order valence-corrected chi connectivity index (χ3v) is 10.6. The van der Waals surface area contributed by atoms with Gasteiger partial charge >= 0.3 is 0 Å². The molecule has 0 radical (unpaired) electrons. The molecule has 1 saturated carbocycles. The number of nitrogens with zero attached hydrogens (tertiary/aromatic N) is 3. The SMILES string of the molecule is CN1CCN(C2(CNC3CCN(c4cccc(C5=Cc6cc(S(C)(=O)=O)ccc6C5)c4)CC3)CCC2)CC1. The standard InChI is InChI=1S/C31H42N4O2S/c1-33-15-17-35(18-16-33)31(11-4-12-31)23-32-28-9-13-34(14-10-28)29-6-3-5-24(21-29)26-19-25-7-8-30(38(2,36)37)22-27(25)20-26/h3,5-8,20-22,28,32H,4,9-19,23H2,1-2H3. The zero-order valence-electron chi connectivity index (χ0n) is 23.0. The van der Waals surface area contributed by atoms with E-state index in [0.717, 1.165) is 31.6 Å². The van der Waals surface area contributed by atoms with Crippen LogP contribution in [0.25, 0.3) is 11.6 Å². The largest absolute Gasteiger partial charge is 0.371 e. The van der Waals surface area contributed by atoms with E-state index in [1.807, 2.05) is 12.1 Å². The van der Waals surface area contributed by atoms with Gasteiger partial charge in [-0.2, -0.15) is 0 Å². The molecule has 6 rings (SSSR count). The minimum absolute atomic E-state index is 0.394. The monoisotopic (exact) mass is 534 g/mol. The van der Waals surface area contributed by atoms with Crippen LogP contribution in [0.4, 0.5) is 5.69 Å². The first-order valence-corrected chi connectivity index (χ1v) is 16.2. The van der Waals surface area contributed by atoms with Crippen molar-refractivity contribution < 1.29 is 8.42 Å². The fourth-order valence-corrected chi connectivity index (χ4v) is 7.43. The second-order valence-electron chi connectivity index (χ2n) is 12.0. The summed E-state index contributed by atoms with van der Waals surface area (Å²) in [6.45, 7) is 8.14. The summed E-state index contributed by atoms with van der Waals surface area (Å²) in [7, 11) is -0.954. The van der Waals surface area contributed by atoms with E-state index in [-0.39, 0.29) is 0 Å². The summed E-state index contributed by atoms with van der Waals surface area (Å²) in [6, 6.07) is 15.0. The van der Waals surface area contributed by atoms with Crippen LogP contribution in [-0.2, 0) is 16.3 Å². The third-order valence-electron chi connectivity index (χ3n) is 9.51. The number of likely N-dealkylation sites (N-methyl/N-ethyl adjacent to an activating group) is 1. The first kappa shape index (κ1) is 26.1. The second kappa shape index (κ2) is 10.4. The molecule has 0 aromatic heterocycles. The van der Waals surface area contributed by atoms with Crippen LogP contribution in [0.5, 0.6) is 0 Å². The van der Waals surface area contributed by atoms with E-state index in [1.165, 1.54) is 86.9 Å². The minimum atomic E-state index is -3.20. The number of nitrogens with one attached hydrogen (secondary N) is 1. The molecule has 2 aromatic rings. The van der Waals surface area contributed by atoms with Gasteiger partial charge in [0.1, 0.15) is 0 Å². The summed E-state index contributed by atoms with van der Waals surface area (Å²) in [6.07, 6.45) is 10.7. The minimum Gasteiger partial charge on any atom is -0.371 e. The Kier molecular flexibility index (Phi) is 7.14. The smallest absolute Gasteiger partial charge is 0.175 e. The highest BCUT2D eigenvalue weighted by Gasteiger charge is 2.43. The molecule has 2 heterocycles. The number of piperazine rings is 1. The summed E-state index contributed by atoms with van der Waals surface area (Å²) in [5.74, 6) is 0. The summed E-state index contributed by atoms with van der Waals surface area (Å²) in [5, 5.41) is 3.99. The van der Waals surface area contributed by atoms with Crippen molar-refractivity contribution in [3.63, 3.8) is 0 Å². The first-order valence-electron chi connectivity index (χ1n) is 14.4. The first-order chi connectivity index (χ1) is 18.3. The van der Waals surface area contributed by atoms with Gasteiger partial charge in [0.25, 0.3) is 0 Å². The van der Waals surface area contributed by atoms with E-state index in [2.05, 4.69) is 57.4 Å². The van der Waals surface area contributed by atoms with Crippen molar-refractivity contribution in [2.75, 3.05) is 64.0 Å². The van der Waals surface area contributed by atoms with E-state index in [1.54, 1.807) is 6.07 Å². The van der Waals surface area contributed by atoms with Gasteiger partial charge in [-0.1, -0.05) is 24.3 Å². The van der Waals surface area contributed by atoms with Crippen molar-refractivity contribution in [1.29, 1.82) is 0 Å². The van der Waals surface area contributed by atoms with Crippen LogP contribution in [0.3, 0.4) is 0 Å². The van der Waals surface area contributed by atoms with Gasteiger partial charge < -0.3 is 15.1 Å². The molecule has 7 heteroatoms.